The lowest BCUT2D eigenvalue weighted by Gasteiger charge is -1.81. The molecule has 0 aliphatic rings. The molecule has 0 atom stereocenters. The first-order valence-corrected chi connectivity index (χ1v) is 2.69. The Balaban J connectivity index is 3.42. The number of rotatable bonds is 2. The van der Waals surface area contributed by atoms with Gasteiger partial charge in [-0.1, -0.05) is 0 Å². The molecule has 0 aliphatic heterocycles. The van der Waals surface area contributed by atoms with Crippen LogP contribution in [0.25, 0.3) is 0 Å². The van der Waals surface area contributed by atoms with Gasteiger partial charge < -0.3 is 5.73 Å². The van der Waals surface area contributed by atoms with Crippen LogP contribution in [-0.2, 0) is 0 Å². The van der Waals surface area contributed by atoms with Crippen LogP contribution in [0, 0.1) is 0 Å². The number of hydrogen-bond donors (Lipinski definition) is 1. The highest BCUT2D eigenvalue weighted by molar-refractivity contribution is 5.71. The van der Waals surface area contributed by atoms with Gasteiger partial charge in [0.25, 0.3) is 0 Å². The Hall–Kier alpha value is -0.790. The van der Waals surface area contributed by atoms with E-state index in [9.17, 15) is 0 Å². The first-order chi connectivity index (χ1) is 3.77. The van der Waals surface area contributed by atoms with E-state index < -0.39 is 0 Å². The van der Waals surface area contributed by atoms with Gasteiger partial charge in [-0.2, -0.15) is 0 Å². The van der Waals surface area contributed by atoms with Crippen LogP contribution in [0.5, 0.6) is 0 Å². The monoisotopic (exact) mass is 112 g/mol. The lowest BCUT2D eigenvalue weighted by Crippen LogP contribution is -1.89. The summed E-state index contributed by atoms with van der Waals surface area (Å²) < 4.78 is 0. The van der Waals surface area contributed by atoms with Crippen LogP contribution in [0.4, 0.5) is 0 Å². The summed E-state index contributed by atoms with van der Waals surface area (Å²) in [7, 11) is 0. The van der Waals surface area contributed by atoms with E-state index in [2.05, 4.69) is 4.99 Å². The Bertz CT molecular complexity index is 99.1. The van der Waals surface area contributed by atoms with Crippen molar-refractivity contribution in [3.05, 3.63) is 11.8 Å². The van der Waals surface area contributed by atoms with Crippen molar-refractivity contribution in [1.29, 1.82) is 0 Å². The van der Waals surface area contributed by atoms with Crippen molar-refractivity contribution >= 4 is 6.21 Å². The van der Waals surface area contributed by atoms with Crippen LogP contribution >= 0.6 is 0 Å². The molecule has 0 aromatic rings. The average Bonchev–Trinajstić information content (AvgIpc) is 1.66. The molecule has 0 radical (unpaired) electrons. The predicted octanol–water partition coefficient (Wildman–Crippen LogP) is 0.940. The molecular formula is C6H12N2. The average molecular weight is 112 g/mol. The molecule has 0 aromatic heterocycles. The normalized spacial score (nSPS) is 13.0. The largest absolute Gasteiger partial charge is 0.402 e. The predicted molar refractivity (Wildman–Crippen MR) is 37.0 cm³/mol. The Kier molecular flexibility index (Phi) is 3.94. The number of hydrogen-bond acceptors (Lipinski definition) is 2. The fourth-order valence-electron chi connectivity index (χ4n) is 0.276. The second kappa shape index (κ2) is 4.37. The lowest BCUT2D eigenvalue weighted by atomic mass is 10.5. The SMILES string of the molecule is CC/N=C\C=C(\C)N. The van der Waals surface area contributed by atoms with Crippen molar-refractivity contribution in [1.82, 2.24) is 0 Å². The molecule has 0 saturated heterocycles. The van der Waals surface area contributed by atoms with Gasteiger partial charge in [0.1, 0.15) is 0 Å². The van der Waals surface area contributed by atoms with E-state index in [0.717, 1.165) is 12.2 Å². The molecular weight excluding hydrogens is 100 g/mol. The Labute approximate surface area is 50.1 Å². The maximum atomic E-state index is 5.30. The summed E-state index contributed by atoms with van der Waals surface area (Å²) in [5.41, 5.74) is 6.10. The van der Waals surface area contributed by atoms with Crippen LogP contribution in [0.2, 0.25) is 0 Å². The van der Waals surface area contributed by atoms with Gasteiger partial charge in [0, 0.05) is 18.5 Å². The molecule has 0 bridgehead atoms. The second-order valence-corrected chi connectivity index (χ2v) is 1.56. The quantitative estimate of drug-likeness (QED) is 0.530. The lowest BCUT2D eigenvalue weighted by molar-refractivity contribution is 1.14. The van der Waals surface area contributed by atoms with Crippen molar-refractivity contribution in [3.8, 4) is 0 Å². The van der Waals surface area contributed by atoms with Crippen molar-refractivity contribution in [2.45, 2.75) is 13.8 Å². The molecule has 0 aliphatic carbocycles. The minimum Gasteiger partial charge on any atom is -0.402 e. The molecule has 0 fully saturated rings. The third-order valence-corrected chi connectivity index (χ3v) is 0.625. The third kappa shape index (κ3) is 5.21. The van der Waals surface area contributed by atoms with Crippen LogP contribution in [0.1, 0.15) is 13.8 Å². The van der Waals surface area contributed by atoms with E-state index in [1.807, 2.05) is 13.8 Å². The highest BCUT2D eigenvalue weighted by atomic mass is 14.7. The molecule has 2 N–H and O–H groups in total. The van der Waals surface area contributed by atoms with Crippen LogP contribution < -0.4 is 5.73 Å². The molecule has 0 rings (SSSR count). The molecule has 46 valence electrons. The number of aliphatic imine (C=N–C) groups is 1. The summed E-state index contributed by atoms with van der Waals surface area (Å²) in [6.07, 6.45) is 3.50. The van der Waals surface area contributed by atoms with Gasteiger partial charge in [-0.25, -0.2) is 0 Å². The zero-order valence-electron chi connectivity index (χ0n) is 5.39. The molecule has 2 nitrogen and oxygen atoms in total. The van der Waals surface area contributed by atoms with Crippen molar-refractivity contribution in [2.24, 2.45) is 10.7 Å². The minimum absolute atomic E-state index is 0.794. The van der Waals surface area contributed by atoms with E-state index in [0.29, 0.717) is 0 Å². The molecule has 2 heteroatoms. The smallest absolute Gasteiger partial charge is 0.0360 e. The summed E-state index contributed by atoms with van der Waals surface area (Å²) in [5, 5.41) is 0. The summed E-state index contributed by atoms with van der Waals surface area (Å²) in [6.45, 7) is 4.64. The fourth-order valence-corrected chi connectivity index (χ4v) is 0.276. The van der Waals surface area contributed by atoms with E-state index in [-0.39, 0.29) is 0 Å². The molecule has 8 heavy (non-hydrogen) atoms. The third-order valence-electron chi connectivity index (χ3n) is 0.625. The van der Waals surface area contributed by atoms with Crippen LogP contribution in [0.3, 0.4) is 0 Å². The van der Waals surface area contributed by atoms with Crippen LogP contribution in [-0.4, -0.2) is 12.8 Å². The standard InChI is InChI=1S/C6H12N2/c1-3-8-5-4-6(2)7/h4-5H,3,7H2,1-2H3/b6-4-,8-5-. The topological polar surface area (TPSA) is 38.4 Å². The van der Waals surface area contributed by atoms with Gasteiger partial charge in [0.2, 0.25) is 0 Å². The molecule has 0 unspecified atom stereocenters. The van der Waals surface area contributed by atoms with E-state index >= 15 is 0 Å². The number of nitrogens with two attached hydrogens (primary N) is 1. The van der Waals surface area contributed by atoms with Crippen molar-refractivity contribution in [2.75, 3.05) is 6.54 Å². The summed E-state index contributed by atoms with van der Waals surface area (Å²) >= 11 is 0. The first-order valence-electron chi connectivity index (χ1n) is 2.69. The second-order valence-electron chi connectivity index (χ2n) is 1.56. The fraction of sp³-hybridized carbons (Fsp3) is 0.500. The van der Waals surface area contributed by atoms with Gasteiger partial charge in [0.05, 0.1) is 0 Å². The van der Waals surface area contributed by atoms with E-state index in [4.69, 9.17) is 5.73 Å². The van der Waals surface area contributed by atoms with Crippen LogP contribution in [0.15, 0.2) is 16.8 Å². The summed E-state index contributed by atoms with van der Waals surface area (Å²) in [5.74, 6) is 0. The van der Waals surface area contributed by atoms with E-state index in [1.54, 1.807) is 12.3 Å². The Morgan fingerprint density at radius 3 is 2.75 bits per heavy atom. The Morgan fingerprint density at radius 2 is 2.38 bits per heavy atom. The van der Waals surface area contributed by atoms with Crippen molar-refractivity contribution < 1.29 is 0 Å². The highest BCUT2D eigenvalue weighted by Crippen LogP contribution is 1.74. The molecule has 0 spiro atoms. The first kappa shape index (κ1) is 7.21. The summed E-state index contributed by atoms with van der Waals surface area (Å²) in [6, 6.07) is 0. The van der Waals surface area contributed by atoms with Gasteiger partial charge in [0.15, 0.2) is 0 Å². The zero-order valence-corrected chi connectivity index (χ0v) is 5.39. The maximum Gasteiger partial charge on any atom is 0.0360 e. The molecule has 0 aromatic carbocycles. The number of nitrogens with zero attached hydrogens (tertiary/aromatic N) is 1. The van der Waals surface area contributed by atoms with Gasteiger partial charge >= 0.3 is 0 Å². The molecule has 0 heterocycles. The zero-order chi connectivity index (χ0) is 6.41. The molecule has 0 saturated carbocycles. The van der Waals surface area contributed by atoms with Gasteiger partial charge in [-0.15, -0.1) is 0 Å². The minimum atomic E-state index is 0.794. The van der Waals surface area contributed by atoms with E-state index in [1.165, 1.54) is 0 Å². The Morgan fingerprint density at radius 1 is 1.75 bits per heavy atom. The summed E-state index contributed by atoms with van der Waals surface area (Å²) in [4.78, 5) is 3.93. The number of allylic oxidation sites excluding steroid dienone is 2. The van der Waals surface area contributed by atoms with Gasteiger partial charge in [-0.3, -0.25) is 4.99 Å². The maximum absolute atomic E-state index is 5.30. The van der Waals surface area contributed by atoms with Crippen molar-refractivity contribution in [3.63, 3.8) is 0 Å². The molecule has 0 amide bonds. The van der Waals surface area contributed by atoms with Gasteiger partial charge in [-0.05, 0) is 19.9 Å². The highest BCUT2D eigenvalue weighted by Gasteiger charge is 1.68.